The van der Waals surface area contributed by atoms with E-state index < -0.39 is 11.9 Å². The van der Waals surface area contributed by atoms with Crippen molar-refractivity contribution in [3.8, 4) is 0 Å². The zero-order chi connectivity index (χ0) is 21.9. The molecule has 3 aromatic rings. The maximum atomic E-state index is 11.6. The van der Waals surface area contributed by atoms with Gasteiger partial charge in [0.2, 0.25) is 0 Å². The zero-order valence-corrected chi connectivity index (χ0v) is 17.1. The summed E-state index contributed by atoms with van der Waals surface area (Å²) in [5.41, 5.74) is 3.40. The van der Waals surface area contributed by atoms with E-state index in [9.17, 15) is 19.8 Å². The van der Waals surface area contributed by atoms with E-state index >= 15 is 0 Å². The van der Waals surface area contributed by atoms with Crippen molar-refractivity contribution in [1.82, 2.24) is 0 Å². The molecule has 0 heterocycles. The highest BCUT2D eigenvalue weighted by Crippen LogP contribution is 2.35. The third-order valence-electron chi connectivity index (χ3n) is 4.74. The molecule has 0 radical (unpaired) electrons. The Kier molecular flexibility index (Phi) is 5.78. The number of anilines is 4. The van der Waals surface area contributed by atoms with E-state index in [-0.39, 0.29) is 16.5 Å². The summed E-state index contributed by atoms with van der Waals surface area (Å²) in [5.74, 6) is -2.06. The Hall–Kier alpha value is -3.80. The summed E-state index contributed by atoms with van der Waals surface area (Å²) in [6, 6.07) is 19.1. The summed E-state index contributed by atoms with van der Waals surface area (Å²) in [7, 11) is 0. The van der Waals surface area contributed by atoms with Gasteiger partial charge in [0, 0.05) is 0 Å². The average molecular weight is 404 g/mol. The van der Waals surface area contributed by atoms with Gasteiger partial charge < -0.3 is 20.8 Å². The molecule has 0 spiro atoms. The molecule has 6 heteroatoms. The van der Waals surface area contributed by atoms with Gasteiger partial charge in [-0.2, -0.15) is 0 Å². The maximum Gasteiger partial charge on any atom is 0.337 e. The minimum Gasteiger partial charge on any atom is -0.478 e. The van der Waals surface area contributed by atoms with E-state index in [1.165, 1.54) is 12.1 Å². The van der Waals surface area contributed by atoms with Crippen molar-refractivity contribution >= 4 is 34.7 Å². The van der Waals surface area contributed by atoms with Gasteiger partial charge >= 0.3 is 11.9 Å². The SMILES string of the molecule is CC(C)(C)c1ccc(Nc2ccccc2C(=O)O)c(Nc2ccccc2C(=O)O)c1. The van der Waals surface area contributed by atoms with Gasteiger partial charge in [0.15, 0.2) is 0 Å². The lowest BCUT2D eigenvalue weighted by Crippen LogP contribution is -2.12. The molecule has 0 atom stereocenters. The van der Waals surface area contributed by atoms with Crippen LogP contribution in [0.2, 0.25) is 0 Å². The quantitative estimate of drug-likeness (QED) is 0.410. The van der Waals surface area contributed by atoms with Crippen molar-refractivity contribution in [2.75, 3.05) is 10.6 Å². The van der Waals surface area contributed by atoms with Crippen molar-refractivity contribution in [2.24, 2.45) is 0 Å². The monoisotopic (exact) mass is 404 g/mol. The lowest BCUT2D eigenvalue weighted by Gasteiger charge is -2.23. The Morgan fingerprint density at radius 3 is 1.60 bits per heavy atom. The lowest BCUT2D eigenvalue weighted by atomic mass is 9.86. The largest absolute Gasteiger partial charge is 0.478 e. The molecule has 154 valence electrons. The summed E-state index contributed by atoms with van der Waals surface area (Å²) in [6.45, 7) is 6.26. The number of hydrogen-bond acceptors (Lipinski definition) is 4. The van der Waals surface area contributed by atoms with Crippen LogP contribution >= 0.6 is 0 Å². The molecule has 0 saturated carbocycles. The Morgan fingerprint density at radius 2 is 1.13 bits per heavy atom. The first-order valence-corrected chi connectivity index (χ1v) is 9.50. The smallest absolute Gasteiger partial charge is 0.337 e. The molecule has 0 amide bonds. The van der Waals surface area contributed by atoms with E-state index in [1.807, 2.05) is 18.2 Å². The van der Waals surface area contributed by atoms with Crippen LogP contribution in [0.1, 0.15) is 47.1 Å². The van der Waals surface area contributed by atoms with Crippen LogP contribution in [0, 0.1) is 0 Å². The van der Waals surface area contributed by atoms with Gasteiger partial charge in [0.25, 0.3) is 0 Å². The van der Waals surface area contributed by atoms with E-state index in [0.717, 1.165) is 5.56 Å². The normalized spacial score (nSPS) is 11.0. The van der Waals surface area contributed by atoms with E-state index in [0.29, 0.717) is 22.7 Å². The van der Waals surface area contributed by atoms with Gasteiger partial charge in [0.1, 0.15) is 0 Å². The third-order valence-corrected chi connectivity index (χ3v) is 4.74. The standard InChI is InChI=1S/C24H24N2O4/c1-24(2,3)15-12-13-20(25-18-10-6-4-8-16(18)22(27)28)21(14-15)26-19-11-7-5-9-17(19)23(29)30/h4-14,25-26H,1-3H3,(H,27,28)(H,29,30). The topological polar surface area (TPSA) is 98.7 Å². The number of para-hydroxylation sites is 2. The fraction of sp³-hybridized carbons (Fsp3) is 0.167. The molecule has 0 fully saturated rings. The predicted molar refractivity (Wildman–Crippen MR) is 119 cm³/mol. The molecular formula is C24H24N2O4. The van der Waals surface area contributed by atoms with E-state index in [2.05, 4.69) is 31.4 Å². The molecule has 0 unspecified atom stereocenters. The van der Waals surface area contributed by atoms with Crippen LogP contribution in [0.25, 0.3) is 0 Å². The number of benzene rings is 3. The first kappa shape index (κ1) is 20.9. The number of hydrogen-bond donors (Lipinski definition) is 4. The van der Waals surface area contributed by atoms with Crippen molar-refractivity contribution in [3.63, 3.8) is 0 Å². The fourth-order valence-electron chi connectivity index (χ4n) is 3.07. The van der Waals surface area contributed by atoms with Gasteiger partial charge in [-0.25, -0.2) is 9.59 Å². The number of carbonyl (C=O) groups is 2. The second kappa shape index (κ2) is 8.29. The number of aromatic carboxylic acids is 2. The first-order valence-electron chi connectivity index (χ1n) is 9.50. The van der Waals surface area contributed by atoms with Gasteiger partial charge in [-0.1, -0.05) is 51.1 Å². The van der Waals surface area contributed by atoms with Crippen molar-refractivity contribution in [2.45, 2.75) is 26.2 Å². The predicted octanol–water partition coefficient (Wildman–Crippen LogP) is 5.87. The van der Waals surface area contributed by atoms with E-state index in [4.69, 9.17) is 0 Å². The Labute approximate surface area is 175 Å². The summed E-state index contributed by atoms with van der Waals surface area (Å²) in [6.07, 6.45) is 0. The van der Waals surface area contributed by atoms with Crippen LogP contribution in [-0.2, 0) is 5.41 Å². The molecule has 0 aliphatic heterocycles. The summed E-state index contributed by atoms with van der Waals surface area (Å²) in [4.78, 5) is 23.2. The Morgan fingerprint density at radius 1 is 0.667 bits per heavy atom. The van der Waals surface area contributed by atoms with Crippen LogP contribution in [-0.4, -0.2) is 22.2 Å². The molecule has 0 aliphatic rings. The number of nitrogens with one attached hydrogen (secondary N) is 2. The summed E-state index contributed by atoms with van der Waals surface area (Å²) < 4.78 is 0. The van der Waals surface area contributed by atoms with Gasteiger partial charge in [-0.3, -0.25) is 0 Å². The van der Waals surface area contributed by atoms with Crippen molar-refractivity contribution < 1.29 is 19.8 Å². The molecule has 6 nitrogen and oxygen atoms in total. The zero-order valence-electron chi connectivity index (χ0n) is 17.1. The second-order valence-electron chi connectivity index (χ2n) is 7.96. The molecule has 3 rings (SSSR count). The maximum absolute atomic E-state index is 11.6. The highest BCUT2D eigenvalue weighted by Gasteiger charge is 2.18. The molecule has 3 aromatic carbocycles. The first-order chi connectivity index (χ1) is 14.2. The highest BCUT2D eigenvalue weighted by atomic mass is 16.4. The van der Waals surface area contributed by atoms with Gasteiger partial charge in [-0.15, -0.1) is 0 Å². The van der Waals surface area contributed by atoms with Crippen molar-refractivity contribution in [3.05, 3.63) is 83.4 Å². The second-order valence-corrected chi connectivity index (χ2v) is 7.96. The van der Waals surface area contributed by atoms with Crippen LogP contribution < -0.4 is 10.6 Å². The van der Waals surface area contributed by atoms with Crippen LogP contribution in [0.3, 0.4) is 0 Å². The molecular weight excluding hydrogens is 380 g/mol. The number of carboxylic acid groups (broad SMARTS) is 2. The highest BCUT2D eigenvalue weighted by molar-refractivity contribution is 5.97. The lowest BCUT2D eigenvalue weighted by molar-refractivity contribution is 0.0687. The third kappa shape index (κ3) is 4.60. The molecule has 0 bridgehead atoms. The van der Waals surface area contributed by atoms with Crippen LogP contribution in [0.15, 0.2) is 66.7 Å². The minimum atomic E-state index is -1.03. The molecule has 0 aromatic heterocycles. The summed E-state index contributed by atoms with van der Waals surface area (Å²) >= 11 is 0. The van der Waals surface area contributed by atoms with Gasteiger partial charge in [-0.05, 0) is 47.4 Å². The van der Waals surface area contributed by atoms with Crippen LogP contribution in [0.5, 0.6) is 0 Å². The molecule has 30 heavy (non-hydrogen) atoms. The van der Waals surface area contributed by atoms with Crippen LogP contribution in [0.4, 0.5) is 22.7 Å². The molecule has 0 aliphatic carbocycles. The number of carboxylic acids is 2. The summed E-state index contributed by atoms with van der Waals surface area (Å²) in [5, 5.41) is 25.4. The Bertz CT molecular complexity index is 1100. The van der Waals surface area contributed by atoms with Gasteiger partial charge in [0.05, 0.1) is 33.9 Å². The molecule has 0 saturated heterocycles. The van der Waals surface area contributed by atoms with Crippen molar-refractivity contribution in [1.29, 1.82) is 0 Å². The number of rotatable bonds is 6. The average Bonchev–Trinajstić information content (AvgIpc) is 2.69. The Balaban J connectivity index is 2.09. The molecule has 4 N–H and O–H groups in total. The minimum absolute atomic E-state index is 0.125. The van der Waals surface area contributed by atoms with E-state index in [1.54, 1.807) is 36.4 Å². The fourth-order valence-corrected chi connectivity index (χ4v) is 3.07.